The molecule has 2 N–H and O–H groups in total. The first-order chi connectivity index (χ1) is 3.39. The average molecular weight is 214 g/mol. The average Bonchev–Trinajstić information content (AvgIpc) is 1.69. The van der Waals surface area contributed by atoms with Crippen LogP contribution in [0.4, 0.5) is 5.95 Å². The van der Waals surface area contributed by atoms with Gasteiger partial charge in [-0.15, -0.1) is 0 Å². The number of hydrogen-bond donors (Lipinski definition) is 1. The Balaban J connectivity index is 0.000000490. The van der Waals surface area contributed by atoms with Gasteiger partial charge in [-0.3, -0.25) is 0 Å². The first-order valence-corrected chi connectivity index (χ1v) is 1.92. The van der Waals surface area contributed by atoms with Crippen LogP contribution in [0.25, 0.3) is 0 Å². The van der Waals surface area contributed by atoms with Crippen molar-refractivity contribution in [1.82, 2.24) is 9.97 Å². The van der Waals surface area contributed by atoms with E-state index in [0.717, 1.165) is 0 Å². The van der Waals surface area contributed by atoms with Crippen LogP contribution in [0.5, 0.6) is 0 Å². The molecule has 1 rings (SSSR count). The first kappa shape index (κ1) is 7.68. The number of nitrogen functional groups attached to an aromatic ring is 1. The fourth-order valence-corrected chi connectivity index (χ4v) is 0.311. The third-order valence-corrected chi connectivity index (χ3v) is 0.586. The summed E-state index contributed by atoms with van der Waals surface area (Å²) in [5.41, 5.74) is 5.14. The smallest absolute Gasteiger partial charge is 0.219 e. The molecule has 0 bridgehead atoms. The molecule has 40 valence electrons. The van der Waals surface area contributed by atoms with Gasteiger partial charge in [0.1, 0.15) is 0 Å². The van der Waals surface area contributed by atoms with Crippen LogP contribution in [0.3, 0.4) is 0 Å². The molecule has 4 radical (unpaired) electrons. The molecular weight excluding hydrogens is 209 g/mol. The van der Waals surface area contributed by atoms with Gasteiger partial charge < -0.3 is 5.73 Å². The minimum Gasteiger partial charge on any atom is -0.368 e. The summed E-state index contributed by atoms with van der Waals surface area (Å²) in [5, 5.41) is 0. The number of nitrogens with two attached hydrogens (primary N) is 1. The van der Waals surface area contributed by atoms with Gasteiger partial charge in [-0.2, -0.15) is 0 Å². The van der Waals surface area contributed by atoms with E-state index in [9.17, 15) is 0 Å². The molecule has 0 saturated carbocycles. The van der Waals surface area contributed by atoms with Crippen LogP contribution in [-0.4, -0.2) is 33.9 Å². The summed E-state index contributed by atoms with van der Waals surface area (Å²) in [4.78, 5) is 7.29. The summed E-state index contributed by atoms with van der Waals surface area (Å²) < 4.78 is 0. The Bertz CT molecular complexity index is 141. The Kier molecular flexibility index (Phi) is 3.51. The largest absolute Gasteiger partial charge is 0.368 e. The zero-order chi connectivity index (χ0) is 5.11. The zero-order valence-corrected chi connectivity index (χ0v) is 7.06. The van der Waals surface area contributed by atoms with Crippen molar-refractivity contribution < 1.29 is 0 Å². The van der Waals surface area contributed by atoms with Crippen molar-refractivity contribution in [2.75, 3.05) is 5.73 Å². The quantitative estimate of drug-likeness (QED) is 0.601. The van der Waals surface area contributed by atoms with Gasteiger partial charge in [0.05, 0.1) is 0 Å². The minimum absolute atomic E-state index is 0. The van der Waals surface area contributed by atoms with Gasteiger partial charge in [0, 0.05) is 36.3 Å². The third-order valence-electron chi connectivity index (χ3n) is 0.586. The molecule has 0 atom stereocenters. The molecule has 0 aliphatic carbocycles. The summed E-state index contributed by atoms with van der Waals surface area (Å²) in [5.74, 6) is 0.322. The number of anilines is 1. The fraction of sp³-hybridized carbons (Fsp3) is 0. The molecule has 8 heavy (non-hydrogen) atoms. The van der Waals surface area contributed by atoms with E-state index < -0.39 is 0 Å². The molecule has 1 aromatic rings. The van der Waals surface area contributed by atoms with Gasteiger partial charge in [-0.05, 0) is 6.07 Å². The standard InChI is InChI=1S/C4H5N3.Sn/c5-4-6-2-1-3-7-4;/h1-3H,(H2,5,6,7);. The summed E-state index contributed by atoms with van der Waals surface area (Å²) >= 11 is 0. The predicted octanol–water partition coefficient (Wildman–Crippen LogP) is -0.322. The van der Waals surface area contributed by atoms with E-state index in [1.807, 2.05) is 0 Å². The van der Waals surface area contributed by atoms with Gasteiger partial charge in [-0.1, -0.05) is 0 Å². The molecule has 0 saturated heterocycles. The second-order valence-corrected chi connectivity index (χ2v) is 1.11. The number of aromatic nitrogens is 2. The molecule has 1 aromatic heterocycles. The fourth-order valence-electron chi connectivity index (χ4n) is 0.311. The van der Waals surface area contributed by atoms with E-state index in [0.29, 0.717) is 5.95 Å². The van der Waals surface area contributed by atoms with Crippen molar-refractivity contribution in [1.29, 1.82) is 0 Å². The van der Waals surface area contributed by atoms with E-state index in [1.165, 1.54) is 0 Å². The first-order valence-electron chi connectivity index (χ1n) is 1.92. The van der Waals surface area contributed by atoms with Crippen molar-refractivity contribution in [3.05, 3.63) is 18.5 Å². The topological polar surface area (TPSA) is 51.8 Å². The van der Waals surface area contributed by atoms with Crippen LogP contribution >= 0.6 is 0 Å². The molecule has 0 spiro atoms. The van der Waals surface area contributed by atoms with Crippen LogP contribution in [0.15, 0.2) is 18.5 Å². The van der Waals surface area contributed by atoms with E-state index >= 15 is 0 Å². The second-order valence-electron chi connectivity index (χ2n) is 1.11. The van der Waals surface area contributed by atoms with Gasteiger partial charge in [-0.25, -0.2) is 9.97 Å². The van der Waals surface area contributed by atoms with Crippen LogP contribution in [0.2, 0.25) is 0 Å². The van der Waals surface area contributed by atoms with Crippen molar-refractivity contribution in [3.63, 3.8) is 0 Å². The molecule has 0 amide bonds. The summed E-state index contributed by atoms with van der Waals surface area (Å²) in [7, 11) is 0. The maximum atomic E-state index is 5.14. The van der Waals surface area contributed by atoms with Gasteiger partial charge in [0.25, 0.3) is 0 Å². The summed E-state index contributed by atoms with van der Waals surface area (Å²) in [6.45, 7) is 0. The molecule has 0 unspecified atom stereocenters. The van der Waals surface area contributed by atoms with E-state index in [-0.39, 0.29) is 23.9 Å². The van der Waals surface area contributed by atoms with Crippen LogP contribution in [0.1, 0.15) is 0 Å². The van der Waals surface area contributed by atoms with Crippen LogP contribution < -0.4 is 5.73 Å². The minimum atomic E-state index is 0. The SMILES string of the molecule is Nc1ncccn1.[Sn]. The molecule has 4 heteroatoms. The molecule has 1 heterocycles. The molecule has 0 fully saturated rings. The molecular formula is C4H5N3Sn. The predicted molar refractivity (Wildman–Crippen MR) is 32.2 cm³/mol. The van der Waals surface area contributed by atoms with E-state index in [1.54, 1.807) is 18.5 Å². The van der Waals surface area contributed by atoms with Crippen LogP contribution in [-0.2, 0) is 0 Å². The summed E-state index contributed by atoms with van der Waals surface area (Å²) in [6, 6.07) is 1.72. The second kappa shape index (κ2) is 3.65. The van der Waals surface area contributed by atoms with E-state index in [4.69, 9.17) is 5.73 Å². The third kappa shape index (κ3) is 2.11. The number of hydrogen-bond acceptors (Lipinski definition) is 3. The zero-order valence-electron chi connectivity index (χ0n) is 4.20. The molecule has 0 aliphatic rings. The number of nitrogens with zero attached hydrogens (tertiary/aromatic N) is 2. The Morgan fingerprint density at radius 3 is 2.00 bits per heavy atom. The molecule has 3 nitrogen and oxygen atoms in total. The van der Waals surface area contributed by atoms with Gasteiger partial charge in [0.2, 0.25) is 5.95 Å². The van der Waals surface area contributed by atoms with Crippen molar-refractivity contribution >= 4 is 29.9 Å². The molecule has 0 aliphatic heterocycles. The monoisotopic (exact) mass is 215 g/mol. The molecule has 0 aromatic carbocycles. The maximum absolute atomic E-state index is 5.14. The van der Waals surface area contributed by atoms with Crippen molar-refractivity contribution in [2.45, 2.75) is 0 Å². The van der Waals surface area contributed by atoms with Crippen molar-refractivity contribution in [2.24, 2.45) is 0 Å². The van der Waals surface area contributed by atoms with Crippen molar-refractivity contribution in [3.8, 4) is 0 Å². The Hall–Kier alpha value is -0.321. The van der Waals surface area contributed by atoms with E-state index in [2.05, 4.69) is 9.97 Å². The van der Waals surface area contributed by atoms with Crippen LogP contribution in [0, 0.1) is 0 Å². The normalized spacial score (nSPS) is 7.50. The summed E-state index contributed by atoms with van der Waals surface area (Å²) in [6.07, 6.45) is 3.20. The number of rotatable bonds is 0. The Labute approximate surface area is 64.3 Å². The Morgan fingerprint density at radius 1 is 1.25 bits per heavy atom. The Morgan fingerprint density at radius 2 is 1.75 bits per heavy atom. The van der Waals surface area contributed by atoms with Gasteiger partial charge in [0.15, 0.2) is 0 Å². The van der Waals surface area contributed by atoms with Gasteiger partial charge >= 0.3 is 0 Å². The maximum Gasteiger partial charge on any atom is 0.219 e.